The van der Waals surface area contributed by atoms with Crippen LogP contribution in [0.5, 0.6) is 5.75 Å². The molecule has 0 fully saturated rings. The Kier molecular flexibility index (Phi) is 3.63. The monoisotopic (exact) mass is 300 g/mol. The van der Waals surface area contributed by atoms with Gasteiger partial charge in [0.15, 0.2) is 0 Å². The van der Waals surface area contributed by atoms with Crippen LogP contribution in [0.15, 0.2) is 42.5 Å². The van der Waals surface area contributed by atoms with E-state index in [2.05, 4.69) is 10.3 Å². The van der Waals surface area contributed by atoms with Crippen molar-refractivity contribution in [3.05, 3.63) is 59.8 Å². The van der Waals surface area contributed by atoms with Gasteiger partial charge in [-0.1, -0.05) is 18.2 Å². The number of benzene rings is 2. The van der Waals surface area contributed by atoms with E-state index in [1.54, 1.807) is 25.3 Å². The number of hydrogen-bond acceptors (Lipinski definition) is 3. The molecule has 0 saturated heterocycles. The van der Waals surface area contributed by atoms with Gasteiger partial charge in [-0.05, 0) is 31.2 Å². The van der Waals surface area contributed by atoms with Gasteiger partial charge in [0.2, 0.25) is 0 Å². The van der Waals surface area contributed by atoms with Crippen molar-refractivity contribution < 1.29 is 13.5 Å². The van der Waals surface area contributed by atoms with Crippen LogP contribution in [0.1, 0.15) is 5.69 Å². The summed E-state index contributed by atoms with van der Waals surface area (Å²) in [5.41, 5.74) is 1.75. The second kappa shape index (κ2) is 5.60. The number of aryl methyl sites for hydroxylation is 1. The molecule has 0 amide bonds. The Bertz CT molecular complexity index is 829. The van der Waals surface area contributed by atoms with E-state index in [0.29, 0.717) is 17.0 Å². The van der Waals surface area contributed by atoms with E-state index in [1.807, 2.05) is 13.0 Å². The van der Waals surface area contributed by atoms with Crippen molar-refractivity contribution in [2.75, 3.05) is 12.4 Å². The van der Waals surface area contributed by atoms with Gasteiger partial charge in [-0.2, -0.15) is 0 Å². The highest BCUT2D eigenvalue weighted by Crippen LogP contribution is 2.32. The number of para-hydroxylation sites is 2. The van der Waals surface area contributed by atoms with Crippen molar-refractivity contribution in [3.63, 3.8) is 0 Å². The molecule has 0 atom stereocenters. The van der Waals surface area contributed by atoms with Gasteiger partial charge in [-0.25, -0.2) is 13.8 Å². The van der Waals surface area contributed by atoms with Gasteiger partial charge in [-0.3, -0.25) is 0 Å². The molecule has 0 bridgehead atoms. The van der Waals surface area contributed by atoms with Crippen LogP contribution in [0, 0.1) is 18.6 Å². The molecular formula is C17H14F2N2O. The number of aromatic nitrogens is 1. The van der Waals surface area contributed by atoms with E-state index in [4.69, 9.17) is 4.74 Å². The molecule has 0 aliphatic carbocycles. The van der Waals surface area contributed by atoms with Crippen LogP contribution < -0.4 is 10.1 Å². The molecule has 3 aromatic rings. The van der Waals surface area contributed by atoms with Crippen LogP contribution >= 0.6 is 0 Å². The minimum Gasteiger partial charge on any atom is -0.494 e. The Morgan fingerprint density at radius 1 is 1.05 bits per heavy atom. The second-order valence-corrected chi connectivity index (χ2v) is 4.89. The normalized spacial score (nSPS) is 10.7. The Hall–Kier alpha value is -2.69. The summed E-state index contributed by atoms with van der Waals surface area (Å²) in [4.78, 5) is 4.44. The molecule has 112 valence electrons. The average Bonchev–Trinajstić information content (AvgIpc) is 2.50. The molecule has 22 heavy (non-hydrogen) atoms. The largest absolute Gasteiger partial charge is 0.494 e. The highest BCUT2D eigenvalue weighted by atomic mass is 19.1. The smallest absolute Gasteiger partial charge is 0.149 e. The Balaban J connectivity index is 2.19. The number of nitrogens with zero attached hydrogens (tertiary/aromatic N) is 1. The number of hydrogen-bond donors (Lipinski definition) is 1. The minimum atomic E-state index is -0.648. The minimum absolute atomic E-state index is 0.183. The van der Waals surface area contributed by atoms with Crippen molar-refractivity contribution in [1.29, 1.82) is 0 Å². The van der Waals surface area contributed by atoms with Crippen LogP contribution in [0.4, 0.5) is 20.2 Å². The number of nitrogens with one attached hydrogen (secondary N) is 1. The van der Waals surface area contributed by atoms with Gasteiger partial charge < -0.3 is 10.1 Å². The number of methoxy groups -OCH3 is 1. The second-order valence-electron chi connectivity index (χ2n) is 4.89. The topological polar surface area (TPSA) is 34.1 Å². The fourth-order valence-electron chi connectivity index (χ4n) is 2.37. The Labute approximate surface area is 126 Å². The van der Waals surface area contributed by atoms with Gasteiger partial charge in [0.1, 0.15) is 28.6 Å². The van der Waals surface area contributed by atoms with Crippen molar-refractivity contribution in [2.24, 2.45) is 0 Å². The van der Waals surface area contributed by atoms with E-state index in [9.17, 15) is 8.78 Å². The lowest BCUT2D eigenvalue weighted by Gasteiger charge is -2.13. The summed E-state index contributed by atoms with van der Waals surface area (Å²) >= 11 is 0. The van der Waals surface area contributed by atoms with Gasteiger partial charge in [0.25, 0.3) is 0 Å². The van der Waals surface area contributed by atoms with Crippen LogP contribution in [-0.4, -0.2) is 12.1 Å². The van der Waals surface area contributed by atoms with Crippen LogP contribution in [0.3, 0.4) is 0 Å². The maximum Gasteiger partial charge on any atom is 0.149 e. The number of halogens is 2. The third-order valence-electron chi connectivity index (χ3n) is 3.37. The number of ether oxygens (including phenoxy) is 1. The first-order chi connectivity index (χ1) is 10.6. The number of pyridine rings is 1. The first-order valence-electron chi connectivity index (χ1n) is 6.75. The zero-order chi connectivity index (χ0) is 15.7. The van der Waals surface area contributed by atoms with E-state index in [-0.39, 0.29) is 5.69 Å². The van der Waals surface area contributed by atoms with E-state index < -0.39 is 11.6 Å². The van der Waals surface area contributed by atoms with Crippen molar-refractivity contribution in [1.82, 2.24) is 4.98 Å². The summed E-state index contributed by atoms with van der Waals surface area (Å²) in [6.07, 6.45) is 0. The molecule has 1 N–H and O–H groups in total. The lowest BCUT2D eigenvalue weighted by Crippen LogP contribution is -2.00. The summed E-state index contributed by atoms with van der Waals surface area (Å²) in [6, 6.07) is 10.9. The van der Waals surface area contributed by atoms with E-state index in [1.165, 1.54) is 18.2 Å². The van der Waals surface area contributed by atoms with E-state index >= 15 is 0 Å². The highest BCUT2D eigenvalue weighted by molar-refractivity contribution is 5.96. The molecule has 0 aliphatic heterocycles. The molecule has 3 nitrogen and oxygen atoms in total. The van der Waals surface area contributed by atoms with E-state index in [0.717, 1.165) is 11.1 Å². The van der Waals surface area contributed by atoms with Gasteiger partial charge >= 0.3 is 0 Å². The Morgan fingerprint density at radius 3 is 2.41 bits per heavy atom. The van der Waals surface area contributed by atoms with Crippen molar-refractivity contribution in [2.45, 2.75) is 6.92 Å². The third-order valence-corrected chi connectivity index (χ3v) is 3.37. The average molecular weight is 300 g/mol. The lowest BCUT2D eigenvalue weighted by molar-refractivity contribution is 0.419. The molecule has 1 heterocycles. The number of anilines is 2. The van der Waals surface area contributed by atoms with Crippen molar-refractivity contribution >= 4 is 22.3 Å². The first-order valence-corrected chi connectivity index (χ1v) is 6.75. The molecule has 0 aliphatic rings. The molecule has 0 saturated carbocycles. The van der Waals surface area contributed by atoms with Crippen LogP contribution in [-0.2, 0) is 0 Å². The molecule has 1 aromatic heterocycles. The molecule has 0 radical (unpaired) electrons. The molecule has 2 aromatic carbocycles. The van der Waals surface area contributed by atoms with Crippen LogP contribution in [0.25, 0.3) is 10.9 Å². The maximum atomic E-state index is 13.8. The predicted molar refractivity (Wildman–Crippen MR) is 82.7 cm³/mol. The number of fused-ring (bicyclic) bond motifs is 1. The molecule has 0 spiro atoms. The van der Waals surface area contributed by atoms with Crippen molar-refractivity contribution in [3.8, 4) is 5.75 Å². The number of rotatable bonds is 3. The maximum absolute atomic E-state index is 13.8. The molecular weight excluding hydrogens is 286 g/mol. The highest BCUT2D eigenvalue weighted by Gasteiger charge is 2.13. The van der Waals surface area contributed by atoms with Gasteiger partial charge in [-0.15, -0.1) is 0 Å². The third kappa shape index (κ3) is 2.45. The molecule has 3 rings (SSSR count). The summed E-state index contributed by atoms with van der Waals surface area (Å²) < 4.78 is 33.0. The Morgan fingerprint density at radius 2 is 1.73 bits per heavy atom. The predicted octanol–water partition coefficient (Wildman–Crippen LogP) is 4.57. The first kappa shape index (κ1) is 14.3. The molecule has 0 unspecified atom stereocenters. The summed E-state index contributed by atoms with van der Waals surface area (Å²) in [5, 5.41) is 3.56. The summed E-state index contributed by atoms with van der Waals surface area (Å²) in [5.74, 6) is -0.686. The zero-order valence-corrected chi connectivity index (χ0v) is 12.2. The quantitative estimate of drug-likeness (QED) is 0.769. The summed E-state index contributed by atoms with van der Waals surface area (Å²) in [6.45, 7) is 1.81. The van der Waals surface area contributed by atoms with Gasteiger partial charge in [0.05, 0.1) is 12.8 Å². The SMILES string of the molecule is COc1cccc2c(Nc3c(F)cccc3F)cc(C)nc12. The van der Waals surface area contributed by atoms with Crippen LogP contribution in [0.2, 0.25) is 0 Å². The lowest BCUT2D eigenvalue weighted by atomic mass is 10.1. The zero-order valence-electron chi connectivity index (χ0n) is 12.2. The fraction of sp³-hybridized carbons (Fsp3) is 0.118. The fourth-order valence-corrected chi connectivity index (χ4v) is 2.37. The summed E-state index contributed by atoms with van der Waals surface area (Å²) in [7, 11) is 1.56. The molecule has 5 heteroatoms. The van der Waals surface area contributed by atoms with Gasteiger partial charge in [0, 0.05) is 11.1 Å². The standard InChI is InChI=1S/C17H14F2N2O/c1-10-9-14(21-17-12(18)6-4-7-13(17)19)11-5-3-8-15(22-2)16(11)20-10/h3-9H,1-2H3,(H,20,21).